The number of hydrogen-bond donors (Lipinski definition) is 2. The standard InChI is InChI=1S/C16H23N3O2/c1-11(20)13-4-3-5-14(8-13)18-16(21)10-19(2)15(9-17)12-6-7-12/h3-5,8,12,15H,6-7,9-10,17H2,1-2H3,(H,18,21). The molecule has 0 bridgehead atoms. The molecule has 1 fully saturated rings. The average Bonchev–Trinajstić information content (AvgIpc) is 3.24. The summed E-state index contributed by atoms with van der Waals surface area (Å²) in [6.45, 7) is 2.40. The van der Waals surface area contributed by atoms with Gasteiger partial charge >= 0.3 is 0 Å². The third-order valence-corrected chi connectivity index (χ3v) is 3.92. The van der Waals surface area contributed by atoms with Crippen LogP contribution in [0.3, 0.4) is 0 Å². The first kappa shape index (κ1) is 15.7. The van der Waals surface area contributed by atoms with Crippen molar-refractivity contribution in [3.63, 3.8) is 0 Å². The molecular weight excluding hydrogens is 266 g/mol. The van der Waals surface area contributed by atoms with Crippen molar-refractivity contribution >= 4 is 17.4 Å². The summed E-state index contributed by atoms with van der Waals surface area (Å²) in [5, 5.41) is 2.83. The second-order valence-corrected chi connectivity index (χ2v) is 5.74. The van der Waals surface area contributed by atoms with Gasteiger partial charge in [0, 0.05) is 23.8 Å². The predicted molar refractivity (Wildman–Crippen MR) is 83.3 cm³/mol. The number of anilines is 1. The van der Waals surface area contributed by atoms with Gasteiger partial charge in [0.25, 0.3) is 0 Å². The normalized spacial score (nSPS) is 15.8. The Kier molecular flexibility index (Phi) is 5.09. The Labute approximate surface area is 125 Å². The lowest BCUT2D eigenvalue weighted by atomic mass is 10.1. The second-order valence-electron chi connectivity index (χ2n) is 5.74. The van der Waals surface area contributed by atoms with Crippen LogP contribution in [0.1, 0.15) is 30.1 Å². The number of ketones is 1. The van der Waals surface area contributed by atoms with E-state index in [1.807, 2.05) is 11.9 Å². The van der Waals surface area contributed by atoms with Gasteiger partial charge in [0.15, 0.2) is 5.78 Å². The molecule has 0 aliphatic heterocycles. The van der Waals surface area contributed by atoms with Crippen LogP contribution < -0.4 is 11.1 Å². The monoisotopic (exact) mass is 289 g/mol. The highest BCUT2D eigenvalue weighted by atomic mass is 16.2. The largest absolute Gasteiger partial charge is 0.329 e. The first-order valence-electron chi connectivity index (χ1n) is 7.32. The van der Waals surface area contributed by atoms with Crippen molar-refractivity contribution in [1.82, 2.24) is 4.90 Å². The first-order chi connectivity index (χ1) is 10.0. The number of carbonyl (C=O) groups excluding carboxylic acids is 2. The van der Waals surface area contributed by atoms with E-state index in [-0.39, 0.29) is 17.7 Å². The number of nitrogens with one attached hydrogen (secondary N) is 1. The molecule has 0 heterocycles. The van der Waals surface area contributed by atoms with E-state index in [0.717, 1.165) is 0 Å². The SMILES string of the molecule is CC(=O)c1cccc(NC(=O)CN(C)C(CN)C2CC2)c1. The molecule has 0 aromatic heterocycles. The first-order valence-corrected chi connectivity index (χ1v) is 7.32. The summed E-state index contributed by atoms with van der Waals surface area (Å²) < 4.78 is 0. The molecule has 1 aliphatic carbocycles. The molecule has 21 heavy (non-hydrogen) atoms. The van der Waals surface area contributed by atoms with Gasteiger partial charge < -0.3 is 11.1 Å². The number of hydrogen-bond acceptors (Lipinski definition) is 4. The molecule has 5 heteroatoms. The molecule has 1 saturated carbocycles. The van der Waals surface area contributed by atoms with Crippen molar-refractivity contribution < 1.29 is 9.59 Å². The molecule has 1 aromatic rings. The predicted octanol–water partition coefficient (Wildman–Crippen LogP) is 1.50. The Bertz CT molecular complexity index is 526. The van der Waals surface area contributed by atoms with Crippen LogP contribution in [-0.2, 0) is 4.79 Å². The summed E-state index contributed by atoms with van der Waals surface area (Å²) in [5.41, 5.74) is 7.03. The van der Waals surface area contributed by atoms with Crippen molar-refractivity contribution in [3.8, 4) is 0 Å². The highest BCUT2D eigenvalue weighted by Gasteiger charge is 2.33. The lowest BCUT2D eigenvalue weighted by molar-refractivity contribution is -0.117. The second kappa shape index (κ2) is 6.83. The molecule has 2 rings (SSSR count). The third-order valence-electron chi connectivity index (χ3n) is 3.92. The minimum Gasteiger partial charge on any atom is -0.329 e. The van der Waals surface area contributed by atoms with E-state index < -0.39 is 0 Å². The lowest BCUT2D eigenvalue weighted by Crippen LogP contribution is -2.43. The Morgan fingerprint density at radius 2 is 2.14 bits per heavy atom. The Morgan fingerprint density at radius 1 is 1.43 bits per heavy atom. The third kappa shape index (κ3) is 4.37. The van der Waals surface area contributed by atoms with Crippen LogP contribution >= 0.6 is 0 Å². The van der Waals surface area contributed by atoms with Crippen LogP contribution in [0, 0.1) is 5.92 Å². The number of likely N-dealkylation sites (N-methyl/N-ethyl adjacent to an activating group) is 1. The quantitative estimate of drug-likeness (QED) is 0.746. The maximum Gasteiger partial charge on any atom is 0.238 e. The minimum atomic E-state index is -0.0858. The summed E-state index contributed by atoms with van der Waals surface area (Å²) >= 11 is 0. The van der Waals surface area contributed by atoms with Gasteiger partial charge in [-0.3, -0.25) is 14.5 Å². The van der Waals surface area contributed by atoms with Gasteiger partial charge in [-0.15, -0.1) is 0 Å². The van der Waals surface area contributed by atoms with Crippen molar-refractivity contribution in [1.29, 1.82) is 0 Å². The fraction of sp³-hybridized carbons (Fsp3) is 0.500. The van der Waals surface area contributed by atoms with Crippen LogP contribution in [-0.4, -0.2) is 42.8 Å². The molecule has 3 N–H and O–H groups in total. The number of nitrogens with two attached hydrogens (primary N) is 1. The number of amides is 1. The van der Waals surface area contributed by atoms with E-state index in [9.17, 15) is 9.59 Å². The van der Waals surface area contributed by atoms with Crippen LogP contribution in [0.2, 0.25) is 0 Å². The van der Waals surface area contributed by atoms with Crippen molar-refractivity contribution in [2.45, 2.75) is 25.8 Å². The average molecular weight is 289 g/mol. The molecule has 5 nitrogen and oxygen atoms in total. The van der Waals surface area contributed by atoms with Crippen molar-refractivity contribution in [2.24, 2.45) is 11.7 Å². The molecule has 1 atom stereocenters. The molecule has 1 unspecified atom stereocenters. The number of nitrogens with zero attached hydrogens (tertiary/aromatic N) is 1. The van der Waals surface area contributed by atoms with Crippen LogP contribution in [0.25, 0.3) is 0 Å². The number of carbonyl (C=O) groups is 2. The van der Waals surface area contributed by atoms with Gasteiger partial charge in [0.05, 0.1) is 6.54 Å². The van der Waals surface area contributed by atoms with E-state index in [4.69, 9.17) is 5.73 Å². The highest BCUT2D eigenvalue weighted by molar-refractivity contribution is 5.97. The van der Waals surface area contributed by atoms with Crippen molar-refractivity contribution in [2.75, 3.05) is 25.5 Å². The molecule has 0 radical (unpaired) electrons. The van der Waals surface area contributed by atoms with E-state index >= 15 is 0 Å². The summed E-state index contributed by atoms with van der Waals surface area (Å²) in [6.07, 6.45) is 2.41. The maximum atomic E-state index is 12.1. The Morgan fingerprint density at radius 3 is 2.71 bits per heavy atom. The molecule has 1 amide bonds. The lowest BCUT2D eigenvalue weighted by Gasteiger charge is -2.26. The molecule has 114 valence electrons. The van der Waals surface area contributed by atoms with Gasteiger partial charge in [-0.1, -0.05) is 12.1 Å². The van der Waals surface area contributed by atoms with Gasteiger partial charge in [0.2, 0.25) is 5.91 Å². The highest BCUT2D eigenvalue weighted by Crippen LogP contribution is 2.34. The molecule has 1 aromatic carbocycles. The van der Waals surface area contributed by atoms with Gasteiger partial charge in [-0.2, -0.15) is 0 Å². The number of Topliss-reactive ketones (excluding diaryl/α,β-unsaturated/α-hetero) is 1. The topological polar surface area (TPSA) is 75.4 Å². The molecule has 1 aliphatic rings. The zero-order chi connectivity index (χ0) is 15.4. The number of benzene rings is 1. The van der Waals surface area contributed by atoms with E-state index in [1.165, 1.54) is 19.8 Å². The molecule has 0 saturated heterocycles. The fourth-order valence-electron chi connectivity index (χ4n) is 2.57. The smallest absolute Gasteiger partial charge is 0.238 e. The Hall–Kier alpha value is -1.72. The van der Waals surface area contributed by atoms with E-state index in [1.54, 1.807) is 24.3 Å². The maximum absolute atomic E-state index is 12.1. The minimum absolute atomic E-state index is 0.0138. The molecule has 0 spiro atoms. The molecular formula is C16H23N3O2. The Balaban J connectivity index is 1.91. The van der Waals surface area contributed by atoms with E-state index in [0.29, 0.717) is 30.3 Å². The summed E-state index contributed by atoms with van der Waals surface area (Å²) in [5.74, 6) is 0.534. The zero-order valence-electron chi connectivity index (χ0n) is 12.6. The summed E-state index contributed by atoms with van der Waals surface area (Å²) in [7, 11) is 1.93. The summed E-state index contributed by atoms with van der Waals surface area (Å²) in [4.78, 5) is 25.4. The van der Waals surface area contributed by atoms with E-state index in [2.05, 4.69) is 5.32 Å². The van der Waals surface area contributed by atoms with Gasteiger partial charge in [0.1, 0.15) is 0 Å². The fourth-order valence-corrected chi connectivity index (χ4v) is 2.57. The van der Waals surface area contributed by atoms with Gasteiger partial charge in [-0.05, 0) is 44.9 Å². The summed E-state index contributed by atoms with van der Waals surface area (Å²) in [6, 6.07) is 7.26. The van der Waals surface area contributed by atoms with Crippen LogP contribution in [0.4, 0.5) is 5.69 Å². The van der Waals surface area contributed by atoms with Crippen LogP contribution in [0.5, 0.6) is 0 Å². The number of rotatable bonds is 7. The van der Waals surface area contributed by atoms with Crippen LogP contribution in [0.15, 0.2) is 24.3 Å². The van der Waals surface area contributed by atoms with Crippen molar-refractivity contribution in [3.05, 3.63) is 29.8 Å². The van der Waals surface area contributed by atoms with Gasteiger partial charge in [-0.25, -0.2) is 0 Å². The zero-order valence-corrected chi connectivity index (χ0v) is 12.6.